The van der Waals surface area contributed by atoms with Crippen molar-refractivity contribution in [2.45, 2.75) is 39.3 Å². The lowest BCUT2D eigenvalue weighted by Gasteiger charge is -2.35. The van der Waals surface area contributed by atoms with E-state index in [4.69, 9.17) is 18.7 Å². The van der Waals surface area contributed by atoms with E-state index in [2.05, 4.69) is 20.8 Å². The van der Waals surface area contributed by atoms with Gasteiger partial charge >= 0.3 is 0 Å². The zero-order valence-corrected chi connectivity index (χ0v) is 28.8. The lowest BCUT2D eigenvalue weighted by Crippen LogP contribution is -2.45. The molecule has 0 aliphatic carbocycles. The highest BCUT2D eigenvalue weighted by atomic mass is 16.5. The van der Waals surface area contributed by atoms with Gasteiger partial charge in [0.25, 0.3) is 11.8 Å². The van der Waals surface area contributed by atoms with Gasteiger partial charge in [-0.25, -0.2) is 9.97 Å². The number of hydrogen-bond donors (Lipinski definition) is 2. The summed E-state index contributed by atoms with van der Waals surface area (Å²) in [5.41, 5.74) is 3.56. The third-order valence-electron chi connectivity index (χ3n) is 9.01. The fraction of sp³-hybridized carbons (Fsp3) is 0.324. The van der Waals surface area contributed by atoms with Crippen molar-refractivity contribution in [3.05, 3.63) is 107 Å². The third kappa shape index (κ3) is 7.29. The summed E-state index contributed by atoms with van der Waals surface area (Å²) in [6, 6.07) is 17.7. The van der Waals surface area contributed by atoms with Gasteiger partial charge in [-0.2, -0.15) is 0 Å². The second-order valence-corrected chi connectivity index (χ2v) is 12.6. The smallest absolute Gasteiger partial charge is 0.292 e. The van der Waals surface area contributed by atoms with E-state index in [0.29, 0.717) is 61.3 Å². The summed E-state index contributed by atoms with van der Waals surface area (Å²) >= 11 is 0. The van der Waals surface area contributed by atoms with Gasteiger partial charge in [0, 0.05) is 56.8 Å². The molecule has 7 rings (SSSR count). The Morgan fingerprint density at radius 3 is 2.52 bits per heavy atom. The SMILES string of the molecule is Cc1nc(C)c(C(=O)N2CCc3c4ncn3CC(=O)NCCN(C(=O)c3cc(-c5ccccc5)on3)CC(=O)NCCCOc3cccc(c3)C42)o1. The minimum absolute atomic E-state index is 0.0370. The molecule has 3 aromatic heterocycles. The van der Waals surface area contributed by atoms with Crippen molar-refractivity contribution in [2.24, 2.45) is 0 Å². The molecule has 1 unspecified atom stereocenters. The van der Waals surface area contributed by atoms with Crippen LogP contribution in [0.5, 0.6) is 5.75 Å². The number of rotatable bonds is 3. The van der Waals surface area contributed by atoms with Crippen molar-refractivity contribution in [3.8, 4) is 17.1 Å². The zero-order valence-electron chi connectivity index (χ0n) is 28.8. The van der Waals surface area contributed by atoms with Crippen LogP contribution in [-0.4, -0.2) is 92.5 Å². The van der Waals surface area contributed by atoms with E-state index in [9.17, 15) is 19.2 Å². The van der Waals surface area contributed by atoms with E-state index in [1.165, 1.54) is 11.0 Å². The Kier molecular flexibility index (Phi) is 9.82. The van der Waals surface area contributed by atoms with Crippen LogP contribution in [0.4, 0.5) is 0 Å². The maximum Gasteiger partial charge on any atom is 0.292 e. The van der Waals surface area contributed by atoms with E-state index < -0.39 is 11.9 Å². The van der Waals surface area contributed by atoms with Gasteiger partial charge in [0.05, 0.1) is 30.9 Å². The van der Waals surface area contributed by atoms with Crippen LogP contribution in [0.1, 0.15) is 62.0 Å². The molecule has 15 heteroatoms. The van der Waals surface area contributed by atoms with Crippen LogP contribution in [0.15, 0.2) is 75.9 Å². The average molecular weight is 707 g/mol. The van der Waals surface area contributed by atoms with E-state index in [1.54, 1.807) is 29.6 Å². The van der Waals surface area contributed by atoms with Crippen molar-refractivity contribution in [2.75, 3.05) is 39.3 Å². The van der Waals surface area contributed by atoms with Gasteiger partial charge in [0.2, 0.25) is 17.6 Å². The molecule has 5 heterocycles. The van der Waals surface area contributed by atoms with Crippen molar-refractivity contribution in [1.29, 1.82) is 0 Å². The largest absolute Gasteiger partial charge is 0.494 e. The minimum atomic E-state index is -0.586. The number of nitrogens with zero attached hydrogens (tertiary/aromatic N) is 6. The van der Waals surface area contributed by atoms with Gasteiger partial charge in [-0.05, 0) is 31.0 Å². The first-order valence-corrected chi connectivity index (χ1v) is 17.1. The average Bonchev–Trinajstić information content (AvgIpc) is 3.89. The van der Waals surface area contributed by atoms with E-state index >= 15 is 0 Å². The van der Waals surface area contributed by atoms with Crippen LogP contribution >= 0.6 is 0 Å². The summed E-state index contributed by atoms with van der Waals surface area (Å²) < 4.78 is 19.0. The predicted molar refractivity (Wildman–Crippen MR) is 185 cm³/mol. The van der Waals surface area contributed by atoms with Crippen molar-refractivity contribution in [3.63, 3.8) is 0 Å². The van der Waals surface area contributed by atoms with Gasteiger partial charge in [-0.3, -0.25) is 19.2 Å². The van der Waals surface area contributed by atoms with Gasteiger partial charge in [-0.15, -0.1) is 0 Å². The fourth-order valence-electron chi connectivity index (χ4n) is 6.54. The number of oxazole rings is 1. The molecule has 2 N–H and O–H groups in total. The number of aromatic nitrogens is 4. The molecular weight excluding hydrogens is 668 g/mol. The summed E-state index contributed by atoms with van der Waals surface area (Å²) in [6.07, 6.45) is 2.55. The van der Waals surface area contributed by atoms with Crippen molar-refractivity contribution >= 4 is 23.6 Å². The maximum atomic E-state index is 13.9. The number of ether oxygens (including phenoxy) is 1. The summed E-state index contributed by atoms with van der Waals surface area (Å²) in [5, 5.41) is 9.68. The zero-order chi connectivity index (χ0) is 36.2. The van der Waals surface area contributed by atoms with Crippen molar-refractivity contribution < 1.29 is 32.9 Å². The number of benzene rings is 2. The molecular formula is C37H38N8O7. The number of imidazole rings is 1. The number of amides is 4. The topological polar surface area (TPSA) is 178 Å². The van der Waals surface area contributed by atoms with Gasteiger partial charge in [0.1, 0.15) is 18.3 Å². The second kappa shape index (κ2) is 14.9. The van der Waals surface area contributed by atoms with Crippen LogP contribution in [-0.2, 0) is 22.6 Å². The molecule has 0 saturated heterocycles. The van der Waals surface area contributed by atoms with E-state index in [0.717, 1.165) is 16.8 Å². The molecule has 6 bridgehead atoms. The van der Waals surface area contributed by atoms with Crippen LogP contribution in [0.3, 0.4) is 0 Å². The number of fused-ring (bicyclic) bond motifs is 3. The Balaban J connectivity index is 1.14. The standard InChI is InChI=1S/C37H38N8O7/c1-23-35(51-24(2)41-23)37(49)45-15-12-29-33-34(45)26-10-6-11-27(18-26)50-17-7-13-38-31(46)20-43(16-14-39-32(47)21-44(29)22-40-33)36(48)28-19-30(52-42-28)25-8-4-3-5-9-25/h3-6,8-11,18-19,22,34H,7,12-17,20-21H2,1-2H3,(H,38,46)(H,39,47). The van der Waals surface area contributed by atoms with Crippen LogP contribution in [0, 0.1) is 13.8 Å². The number of nitrogens with one attached hydrogen (secondary N) is 2. The molecule has 1 atom stereocenters. The first kappa shape index (κ1) is 34.2. The van der Waals surface area contributed by atoms with Crippen molar-refractivity contribution in [1.82, 2.24) is 40.1 Å². The minimum Gasteiger partial charge on any atom is -0.494 e. The first-order valence-electron chi connectivity index (χ1n) is 17.1. The van der Waals surface area contributed by atoms with Crippen LogP contribution < -0.4 is 15.4 Å². The highest BCUT2D eigenvalue weighted by molar-refractivity contribution is 5.96. The Morgan fingerprint density at radius 1 is 0.904 bits per heavy atom. The van der Waals surface area contributed by atoms with Gasteiger partial charge in [-0.1, -0.05) is 47.6 Å². The third-order valence-corrected chi connectivity index (χ3v) is 9.01. The molecule has 2 aromatic carbocycles. The molecule has 2 aliphatic rings. The number of carbonyl (C=O) groups is 4. The lowest BCUT2D eigenvalue weighted by molar-refractivity contribution is -0.121. The molecule has 15 nitrogen and oxygen atoms in total. The Morgan fingerprint density at radius 2 is 1.71 bits per heavy atom. The molecule has 5 aromatic rings. The monoisotopic (exact) mass is 706 g/mol. The highest BCUT2D eigenvalue weighted by Crippen LogP contribution is 2.37. The normalized spacial score (nSPS) is 17.2. The summed E-state index contributed by atoms with van der Waals surface area (Å²) in [7, 11) is 0. The molecule has 0 saturated carbocycles. The van der Waals surface area contributed by atoms with Gasteiger partial charge < -0.3 is 38.7 Å². The highest BCUT2D eigenvalue weighted by Gasteiger charge is 2.38. The summed E-state index contributed by atoms with van der Waals surface area (Å²) in [6.45, 7) is 4.25. The van der Waals surface area contributed by atoms with Gasteiger partial charge in [0.15, 0.2) is 17.3 Å². The quantitative estimate of drug-likeness (QED) is 0.283. The predicted octanol–water partition coefficient (Wildman–Crippen LogP) is 3.09. The maximum absolute atomic E-state index is 13.9. The molecule has 52 heavy (non-hydrogen) atoms. The van der Waals surface area contributed by atoms with E-state index in [-0.39, 0.29) is 55.4 Å². The Bertz CT molecular complexity index is 2100. The number of hydrogen-bond acceptors (Lipinski definition) is 10. The molecule has 268 valence electrons. The second-order valence-electron chi connectivity index (χ2n) is 12.6. The summed E-state index contributed by atoms with van der Waals surface area (Å²) in [4.78, 5) is 65.9. The van der Waals surface area contributed by atoms with Crippen LogP contribution in [0.2, 0.25) is 0 Å². The van der Waals surface area contributed by atoms with Crippen LogP contribution in [0.25, 0.3) is 11.3 Å². The Hall–Kier alpha value is -6.25. The number of carbonyl (C=O) groups excluding carboxylic acids is 4. The lowest BCUT2D eigenvalue weighted by atomic mass is 9.94. The molecule has 4 amide bonds. The first-order chi connectivity index (χ1) is 25.2. The molecule has 0 spiro atoms. The molecule has 0 radical (unpaired) electrons. The summed E-state index contributed by atoms with van der Waals surface area (Å²) in [5.74, 6) is 0.0869. The number of aryl methyl sites for hydroxylation is 2. The fourth-order valence-corrected chi connectivity index (χ4v) is 6.54. The van der Waals surface area contributed by atoms with E-state index in [1.807, 2.05) is 54.6 Å². The molecule has 2 aliphatic heterocycles. The molecule has 0 fully saturated rings. The Labute approximate surface area is 298 Å².